The van der Waals surface area contributed by atoms with E-state index in [0.717, 1.165) is 22.4 Å². The van der Waals surface area contributed by atoms with E-state index in [0.29, 0.717) is 11.4 Å². The van der Waals surface area contributed by atoms with Gasteiger partial charge in [0, 0.05) is 43.3 Å². The van der Waals surface area contributed by atoms with Gasteiger partial charge in [0.05, 0.1) is 5.56 Å². The van der Waals surface area contributed by atoms with Crippen LogP contribution < -0.4 is 10.6 Å². The van der Waals surface area contributed by atoms with Crippen LogP contribution in [-0.2, 0) is 0 Å². The monoisotopic (exact) mass is 270 g/mol. The van der Waals surface area contributed by atoms with Gasteiger partial charge in [-0.2, -0.15) is 0 Å². The van der Waals surface area contributed by atoms with Crippen molar-refractivity contribution in [2.24, 2.45) is 5.73 Å². The zero-order chi connectivity index (χ0) is 14.9. The lowest BCUT2D eigenvalue weighted by Gasteiger charge is -2.20. The molecule has 0 aliphatic carbocycles. The van der Waals surface area contributed by atoms with Crippen molar-refractivity contribution in [2.75, 3.05) is 19.0 Å². The van der Waals surface area contributed by atoms with Gasteiger partial charge in [-0.15, -0.1) is 0 Å². The van der Waals surface area contributed by atoms with Crippen LogP contribution in [0, 0.1) is 13.8 Å². The van der Waals surface area contributed by atoms with Crippen molar-refractivity contribution in [1.29, 1.82) is 0 Å². The molecule has 0 spiro atoms. The number of hydrogen-bond acceptors (Lipinski definition) is 4. The highest BCUT2D eigenvalue weighted by Crippen LogP contribution is 2.34. The van der Waals surface area contributed by atoms with Crippen LogP contribution in [0.4, 0.5) is 5.82 Å². The van der Waals surface area contributed by atoms with Gasteiger partial charge in [-0.25, -0.2) is 4.98 Å². The Morgan fingerprint density at radius 3 is 2.50 bits per heavy atom. The standard InChI is InChI=1S/C15H18N4O/c1-9-8-18-15(19(3)4)13(12(9)14(16)20)11-6-5-7-17-10(11)2/h5-8H,1-4H3,(H2,16,20). The van der Waals surface area contributed by atoms with E-state index in [9.17, 15) is 4.79 Å². The summed E-state index contributed by atoms with van der Waals surface area (Å²) in [5.41, 5.74) is 9.29. The summed E-state index contributed by atoms with van der Waals surface area (Å²) in [4.78, 5) is 22.4. The summed E-state index contributed by atoms with van der Waals surface area (Å²) in [6.07, 6.45) is 3.39. The number of aromatic nitrogens is 2. The Labute approximate surface area is 118 Å². The van der Waals surface area contributed by atoms with Gasteiger partial charge in [0.2, 0.25) is 5.91 Å². The summed E-state index contributed by atoms with van der Waals surface area (Å²) >= 11 is 0. The normalized spacial score (nSPS) is 10.4. The first-order chi connectivity index (χ1) is 9.43. The Balaban J connectivity index is 2.88. The Bertz CT molecular complexity index is 665. The predicted octanol–water partition coefficient (Wildman–Crippen LogP) is 1.93. The lowest BCUT2D eigenvalue weighted by Crippen LogP contribution is -2.19. The van der Waals surface area contributed by atoms with E-state index >= 15 is 0 Å². The Morgan fingerprint density at radius 1 is 1.25 bits per heavy atom. The SMILES string of the molecule is Cc1cnc(N(C)C)c(-c2cccnc2C)c1C(N)=O. The van der Waals surface area contributed by atoms with E-state index in [1.165, 1.54) is 0 Å². The Hall–Kier alpha value is -2.43. The molecule has 5 heteroatoms. The van der Waals surface area contributed by atoms with E-state index in [-0.39, 0.29) is 0 Å². The third-order valence-electron chi connectivity index (χ3n) is 3.19. The van der Waals surface area contributed by atoms with E-state index < -0.39 is 5.91 Å². The summed E-state index contributed by atoms with van der Waals surface area (Å²) in [5, 5.41) is 0. The van der Waals surface area contributed by atoms with Gasteiger partial charge < -0.3 is 10.6 Å². The first kappa shape index (κ1) is 14.0. The maximum absolute atomic E-state index is 11.9. The number of rotatable bonds is 3. The molecule has 1 amide bonds. The van der Waals surface area contributed by atoms with E-state index in [1.54, 1.807) is 12.4 Å². The highest BCUT2D eigenvalue weighted by molar-refractivity contribution is 6.04. The summed E-state index contributed by atoms with van der Waals surface area (Å²) in [6, 6.07) is 3.77. The molecule has 2 heterocycles. The maximum Gasteiger partial charge on any atom is 0.249 e. The average Bonchev–Trinajstić information content (AvgIpc) is 2.38. The quantitative estimate of drug-likeness (QED) is 0.925. The number of amides is 1. The molecule has 2 aromatic rings. The number of aryl methyl sites for hydroxylation is 2. The molecule has 0 saturated carbocycles. The second-order valence-electron chi connectivity index (χ2n) is 4.91. The molecular formula is C15H18N4O. The van der Waals surface area contributed by atoms with Crippen LogP contribution in [0.25, 0.3) is 11.1 Å². The molecule has 0 saturated heterocycles. The minimum absolute atomic E-state index is 0.453. The zero-order valence-corrected chi connectivity index (χ0v) is 12.1. The number of carbonyl (C=O) groups excluding carboxylic acids is 1. The largest absolute Gasteiger partial charge is 0.366 e. The predicted molar refractivity (Wildman–Crippen MR) is 79.8 cm³/mol. The van der Waals surface area contributed by atoms with Crippen LogP contribution in [0.5, 0.6) is 0 Å². The third-order valence-corrected chi connectivity index (χ3v) is 3.19. The fourth-order valence-corrected chi connectivity index (χ4v) is 2.26. The van der Waals surface area contributed by atoms with Crippen molar-refractivity contribution < 1.29 is 4.79 Å². The number of pyridine rings is 2. The molecule has 2 rings (SSSR count). The summed E-state index contributed by atoms with van der Waals surface area (Å²) in [6.45, 7) is 3.74. The lowest BCUT2D eigenvalue weighted by molar-refractivity contribution is 0.100. The number of hydrogen-bond donors (Lipinski definition) is 1. The van der Waals surface area contributed by atoms with Crippen molar-refractivity contribution in [1.82, 2.24) is 9.97 Å². The van der Waals surface area contributed by atoms with E-state index in [4.69, 9.17) is 5.73 Å². The van der Waals surface area contributed by atoms with Gasteiger partial charge in [0.25, 0.3) is 0 Å². The summed E-state index contributed by atoms with van der Waals surface area (Å²) in [5.74, 6) is 0.256. The molecule has 0 unspecified atom stereocenters. The minimum atomic E-state index is -0.453. The molecule has 0 radical (unpaired) electrons. The second kappa shape index (κ2) is 5.28. The molecule has 0 aliphatic rings. The molecule has 0 aliphatic heterocycles. The molecular weight excluding hydrogens is 252 g/mol. The van der Waals surface area contributed by atoms with Crippen molar-refractivity contribution in [3.63, 3.8) is 0 Å². The average molecular weight is 270 g/mol. The number of primary amides is 1. The summed E-state index contributed by atoms with van der Waals surface area (Å²) in [7, 11) is 3.77. The Morgan fingerprint density at radius 2 is 1.95 bits per heavy atom. The van der Waals surface area contributed by atoms with Crippen LogP contribution in [0.2, 0.25) is 0 Å². The first-order valence-electron chi connectivity index (χ1n) is 6.32. The maximum atomic E-state index is 11.9. The summed E-state index contributed by atoms with van der Waals surface area (Å²) < 4.78 is 0. The molecule has 2 N–H and O–H groups in total. The van der Waals surface area contributed by atoms with Crippen LogP contribution in [0.15, 0.2) is 24.5 Å². The van der Waals surface area contributed by atoms with Gasteiger partial charge in [0.1, 0.15) is 5.82 Å². The highest BCUT2D eigenvalue weighted by atomic mass is 16.1. The van der Waals surface area contributed by atoms with Gasteiger partial charge >= 0.3 is 0 Å². The molecule has 0 bridgehead atoms. The van der Waals surface area contributed by atoms with Crippen molar-refractivity contribution >= 4 is 11.7 Å². The fourth-order valence-electron chi connectivity index (χ4n) is 2.26. The molecule has 104 valence electrons. The van der Waals surface area contributed by atoms with Crippen LogP contribution in [-0.4, -0.2) is 30.0 Å². The first-order valence-corrected chi connectivity index (χ1v) is 6.32. The molecule has 20 heavy (non-hydrogen) atoms. The lowest BCUT2D eigenvalue weighted by atomic mass is 9.96. The molecule has 0 aromatic carbocycles. The number of nitrogens with two attached hydrogens (primary N) is 1. The van der Waals surface area contributed by atoms with Gasteiger partial charge in [-0.3, -0.25) is 9.78 Å². The number of anilines is 1. The van der Waals surface area contributed by atoms with Crippen molar-refractivity contribution in [2.45, 2.75) is 13.8 Å². The highest BCUT2D eigenvalue weighted by Gasteiger charge is 2.21. The number of nitrogens with zero attached hydrogens (tertiary/aromatic N) is 3. The van der Waals surface area contributed by atoms with E-state index in [2.05, 4.69) is 9.97 Å². The van der Waals surface area contributed by atoms with Crippen LogP contribution in [0.3, 0.4) is 0 Å². The smallest absolute Gasteiger partial charge is 0.249 e. The molecule has 5 nitrogen and oxygen atoms in total. The van der Waals surface area contributed by atoms with Gasteiger partial charge in [-0.1, -0.05) is 6.07 Å². The minimum Gasteiger partial charge on any atom is -0.366 e. The van der Waals surface area contributed by atoms with Crippen molar-refractivity contribution in [3.8, 4) is 11.1 Å². The third kappa shape index (κ3) is 2.34. The molecule has 0 fully saturated rings. The molecule has 2 aromatic heterocycles. The van der Waals surface area contributed by atoms with Gasteiger partial charge in [0.15, 0.2) is 0 Å². The number of carbonyl (C=O) groups is 1. The van der Waals surface area contributed by atoms with Crippen LogP contribution >= 0.6 is 0 Å². The van der Waals surface area contributed by atoms with Crippen molar-refractivity contribution in [3.05, 3.63) is 41.3 Å². The molecule has 0 atom stereocenters. The zero-order valence-electron chi connectivity index (χ0n) is 12.1. The van der Waals surface area contributed by atoms with Gasteiger partial charge in [-0.05, 0) is 25.5 Å². The fraction of sp³-hybridized carbons (Fsp3) is 0.267. The second-order valence-corrected chi connectivity index (χ2v) is 4.91. The Kier molecular flexibility index (Phi) is 3.70. The van der Waals surface area contributed by atoms with E-state index in [1.807, 2.05) is 45.0 Å². The topological polar surface area (TPSA) is 72.1 Å². The van der Waals surface area contributed by atoms with Crippen LogP contribution in [0.1, 0.15) is 21.6 Å².